The van der Waals surface area contributed by atoms with Crippen LogP contribution in [0.2, 0.25) is 0 Å². The van der Waals surface area contributed by atoms with Crippen molar-refractivity contribution in [2.24, 2.45) is 0 Å². The molecule has 6 nitrogen and oxygen atoms in total. The number of hydrogen-bond donors (Lipinski definition) is 0. The van der Waals surface area contributed by atoms with E-state index < -0.39 is 9.85 Å². The van der Waals surface area contributed by atoms with Crippen LogP contribution >= 0.6 is 0 Å². The number of hydrogen-bond acceptors (Lipinski definition) is 4. The van der Waals surface area contributed by atoms with Crippen LogP contribution in [0.15, 0.2) is 0 Å². The first kappa shape index (κ1) is 8.80. The first-order valence-corrected chi connectivity index (χ1v) is 2.86. The van der Waals surface area contributed by atoms with Crippen molar-refractivity contribution in [2.45, 2.75) is 12.8 Å². The Kier molecular flexibility index (Phi) is 4.10. The molecule has 0 bridgehead atoms. The average Bonchev–Trinajstić information content (AvgIpc) is 1.79. The van der Waals surface area contributed by atoms with Crippen molar-refractivity contribution in [2.75, 3.05) is 13.1 Å². The standard InChI is InChI=1S/C4H8N2O4/c7-5(8)3-1-2-4-6(9)10/h1-4H2. The highest BCUT2D eigenvalue weighted by Crippen LogP contribution is 1.88. The molecule has 58 valence electrons. The second-order valence-corrected chi connectivity index (χ2v) is 1.82. The van der Waals surface area contributed by atoms with E-state index in [0.717, 1.165) is 0 Å². The summed E-state index contributed by atoms with van der Waals surface area (Å²) < 4.78 is 0. The summed E-state index contributed by atoms with van der Waals surface area (Å²) in [6.45, 7) is -0.346. The lowest BCUT2D eigenvalue weighted by Crippen LogP contribution is -2.05. The van der Waals surface area contributed by atoms with Gasteiger partial charge >= 0.3 is 0 Å². The molecule has 0 heterocycles. The summed E-state index contributed by atoms with van der Waals surface area (Å²) >= 11 is 0. The van der Waals surface area contributed by atoms with Crippen LogP contribution in [-0.4, -0.2) is 22.9 Å². The molecule has 0 aromatic carbocycles. The Morgan fingerprint density at radius 2 is 1.20 bits per heavy atom. The van der Waals surface area contributed by atoms with E-state index >= 15 is 0 Å². The van der Waals surface area contributed by atoms with Gasteiger partial charge in [0.15, 0.2) is 0 Å². The summed E-state index contributed by atoms with van der Waals surface area (Å²) in [5.41, 5.74) is 0. The van der Waals surface area contributed by atoms with E-state index in [9.17, 15) is 20.2 Å². The van der Waals surface area contributed by atoms with Crippen molar-refractivity contribution in [1.82, 2.24) is 0 Å². The molecule has 0 spiro atoms. The van der Waals surface area contributed by atoms with Gasteiger partial charge in [0.2, 0.25) is 13.1 Å². The molecule has 0 aliphatic carbocycles. The summed E-state index contributed by atoms with van der Waals surface area (Å²) in [7, 11) is 0. The molecule has 0 aliphatic heterocycles. The second kappa shape index (κ2) is 4.66. The highest BCUT2D eigenvalue weighted by atomic mass is 16.6. The summed E-state index contributed by atoms with van der Waals surface area (Å²) in [6, 6.07) is 0. The largest absolute Gasteiger partial charge is 0.265 e. The maximum atomic E-state index is 9.68. The van der Waals surface area contributed by atoms with E-state index in [4.69, 9.17) is 0 Å². The summed E-state index contributed by atoms with van der Waals surface area (Å²) in [4.78, 5) is 18.4. The van der Waals surface area contributed by atoms with Crippen molar-refractivity contribution in [3.05, 3.63) is 20.2 Å². The molecule has 0 saturated heterocycles. The molecule has 0 aromatic heterocycles. The lowest BCUT2D eigenvalue weighted by molar-refractivity contribution is -0.492. The van der Waals surface area contributed by atoms with Gasteiger partial charge in [-0.25, -0.2) is 0 Å². The van der Waals surface area contributed by atoms with Gasteiger partial charge in [-0.3, -0.25) is 20.2 Å². The fourth-order valence-corrected chi connectivity index (χ4v) is 0.482. The van der Waals surface area contributed by atoms with Crippen molar-refractivity contribution in [3.63, 3.8) is 0 Å². The van der Waals surface area contributed by atoms with E-state index in [1.165, 1.54) is 0 Å². The van der Waals surface area contributed by atoms with Gasteiger partial charge in [0, 0.05) is 22.7 Å². The van der Waals surface area contributed by atoms with Gasteiger partial charge in [0.1, 0.15) is 0 Å². The van der Waals surface area contributed by atoms with Crippen molar-refractivity contribution < 1.29 is 9.85 Å². The monoisotopic (exact) mass is 148 g/mol. The van der Waals surface area contributed by atoms with Gasteiger partial charge in [-0.1, -0.05) is 0 Å². The minimum Gasteiger partial charge on any atom is -0.265 e. The Morgan fingerprint density at radius 1 is 0.900 bits per heavy atom. The fraction of sp³-hybridized carbons (Fsp3) is 1.00. The Morgan fingerprint density at radius 3 is 1.40 bits per heavy atom. The molecule has 10 heavy (non-hydrogen) atoms. The Hall–Kier alpha value is -1.20. The maximum Gasteiger partial charge on any atom is 0.204 e. The summed E-state index contributed by atoms with van der Waals surface area (Å²) in [5.74, 6) is 0. The average molecular weight is 148 g/mol. The second-order valence-electron chi connectivity index (χ2n) is 1.82. The number of unbranched alkanes of at least 4 members (excludes halogenated alkanes) is 1. The SMILES string of the molecule is O=[N+]([O-])CCCC[N+](=O)[O-]. The fourth-order valence-electron chi connectivity index (χ4n) is 0.482. The van der Waals surface area contributed by atoms with Crippen LogP contribution in [0.1, 0.15) is 12.8 Å². The highest BCUT2D eigenvalue weighted by Gasteiger charge is 2.00. The van der Waals surface area contributed by atoms with Crippen LogP contribution in [0.5, 0.6) is 0 Å². The zero-order chi connectivity index (χ0) is 7.98. The maximum absolute atomic E-state index is 9.68. The van der Waals surface area contributed by atoms with E-state index in [2.05, 4.69) is 0 Å². The predicted octanol–water partition coefficient (Wildman–Crippen LogP) is 0.320. The number of nitrogens with zero attached hydrogens (tertiary/aromatic N) is 2. The van der Waals surface area contributed by atoms with Crippen LogP contribution < -0.4 is 0 Å². The molecule has 0 fully saturated rings. The van der Waals surface area contributed by atoms with Crippen LogP contribution in [-0.2, 0) is 0 Å². The van der Waals surface area contributed by atoms with Crippen LogP contribution in [0.25, 0.3) is 0 Å². The van der Waals surface area contributed by atoms with E-state index in [0.29, 0.717) is 0 Å². The van der Waals surface area contributed by atoms with Gasteiger partial charge in [0.25, 0.3) is 0 Å². The minimum atomic E-state index is -0.472. The van der Waals surface area contributed by atoms with E-state index in [-0.39, 0.29) is 25.9 Å². The molecule has 0 rings (SSSR count). The lowest BCUT2D eigenvalue weighted by atomic mass is 10.3. The van der Waals surface area contributed by atoms with Crippen molar-refractivity contribution >= 4 is 0 Å². The normalized spacial score (nSPS) is 9.20. The molecular formula is C4H8N2O4. The predicted molar refractivity (Wildman–Crippen MR) is 33.0 cm³/mol. The number of rotatable bonds is 5. The minimum absolute atomic E-state index is 0.173. The van der Waals surface area contributed by atoms with Crippen LogP contribution in [0.3, 0.4) is 0 Å². The van der Waals surface area contributed by atoms with Crippen molar-refractivity contribution in [1.29, 1.82) is 0 Å². The third-order valence-electron chi connectivity index (χ3n) is 0.931. The molecule has 0 aromatic rings. The van der Waals surface area contributed by atoms with Crippen LogP contribution in [0.4, 0.5) is 0 Å². The zero-order valence-corrected chi connectivity index (χ0v) is 5.36. The first-order valence-electron chi connectivity index (χ1n) is 2.86. The Balaban J connectivity index is 3.06. The molecule has 0 saturated carbocycles. The third kappa shape index (κ3) is 6.80. The van der Waals surface area contributed by atoms with Gasteiger partial charge in [-0.05, 0) is 0 Å². The smallest absolute Gasteiger partial charge is 0.204 e. The molecule has 6 heteroatoms. The zero-order valence-electron chi connectivity index (χ0n) is 5.36. The Bertz CT molecular complexity index is 119. The molecular weight excluding hydrogens is 140 g/mol. The van der Waals surface area contributed by atoms with Crippen LogP contribution in [0, 0.1) is 20.2 Å². The molecule has 0 aliphatic rings. The lowest BCUT2D eigenvalue weighted by Gasteiger charge is -1.89. The third-order valence-corrected chi connectivity index (χ3v) is 0.931. The summed E-state index contributed by atoms with van der Waals surface area (Å²) in [5, 5.41) is 19.4. The molecule has 0 radical (unpaired) electrons. The Labute approximate surface area is 57.1 Å². The highest BCUT2D eigenvalue weighted by molar-refractivity contribution is 4.35. The van der Waals surface area contributed by atoms with Gasteiger partial charge in [0.05, 0.1) is 0 Å². The molecule has 0 amide bonds. The molecule has 0 N–H and O–H groups in total. The van der Waals surface area contributed by atoms with E-state index in [1.54, 1.807) is 0 Å². The van der Waals surface area contributed by atoms with Crippen molar-refractivity contribution in [3.8, 4) is 0 Å². The number of nitro groups is 2. The van der Waals surface area contributed by atoms with Gasteiger partial charge in [-0.15, -0.1) is 0 Å². The topological polar surface area (TPSA) is 86.3 Å². The van der Waals surface area contributed by atoms with Gasteiger partial charge < -0.3 is 0 Å². The summed E-state index contributed by atoms with van der Waals surface area (Å²) in [6.07, 6.45) is 0.571. The van der Waals surface area contributed by atoms with Gasteiger partial charge in [-0.2, -0.15) is 0 Å². The van der Waals surface area contributed by atoms with E-state index in [1.807, 2.05) is 0 Å². The first-order chi connectivity index (χ1) is 4.63. The molecule has 0 atom stereocenters. The molecule has 0 unspecified atom stereocenters. The quantitative estimate of drug-likeness (QED) is 0.319.